The number of hydrogen-bond acceptors (Lipinski definition) is 5. The minimum absolute atomic E-state index is 0.231. The molecule has 0 aliphatic carbocycles. The molecule has 0 saturated carbocycles. The third kappa shape index (κ3) is 4.36. The highest BCUT2D eigenvalue weighted by molar-refractivity contribution is 5.58. The third-order valence-corrected chi connectivity index (χ3v) is 2.88. The summed E-state index contributed by atoms with van der Waals surface area (Å²) in [6, 6.07) is 5.29. The van der Waals surface area contributed by atoms with Gasteiger partial charge in [0.15, 0.2) is 0 Å². The Balaban J connectivity index is 2.12. The molecular formula is C15H18F2N4O. The molecular weight excluding hydrogens is 290 g/mol. The van der Waals surface area contributed by atoms with Gasteiger partial charge in [-0.2, -0.15) is 4.98 Å². The fourth-order valence-electron chi connectivity index (χ4n) is 1.87. The second kappa shape index (κ2) is 7.65. The van der Waals surface area contributed by atoms with Crippen LogP contribution in [0.2, 0.25) is 0 Å². The molecule has 0 atom stereocenters. The van der Waals surface area contributed by atoms with Gasteiger partial charge < -0.3 is 15.4 Å². The fourth-order valence-corrected chi connectivity index (χ4v) is 1.87. The second-order valence-corrected chi connectivity index (χ2v) is 4.71. The highest BCUT2D eigenvalue weighted by Crippen LogP contribution is 2.22. The smallest absolute Gasteiger partial charge is 0.224 e. The number of nitrogens with zero attached hydrogens (tertiary/aromatic N) is 2. The summed E-state index contributed by atoms with van der Waals surface area (Å²) in [6.45, 7) is 3.06. The Bertz CT molecular complexity index is 617. The predicted octanol–water partition coefficient (Wildman–Crippen LogP) is 3.26. The van der Waals surface area contributed by atoms with E-state index in [4.69, 9.17) is 4.74 Å². The fraction of sp³-hybridized carbons (Fsp3) is 0.333. The number of anilines is 3. The topological polar surface area (TPSA) is 59.1 Å². The van der Waals surface area contributed by atoms with Crippen molar-refractivity contribution in [3.63, 3.8) is 0 Å². The van der Waals surface area contributed by atoms with Crippen molar-refractivity contribution in [2.45, 2.75) is 13.3 Å². The number of aromatic nitrogens is 2. The van der Waals surface area contributed by atoms with E-state index < -0.39 is 11.6 Å². The second-order valence-electron chi connectivity index (χ2n) is 4.71. The van der Waals surface area contributed by atoms with E-state index in [-0.39, 0.29) is 5.69 Å². The van der Waals surface area contributed by atoms with Crippen LogP contribution in [0.1, 0.15) is 12.1 Å². The lowest BCUT2D eigenvalue weighted by molar-refractivity contribution is 0.197. The molecule has 22 heavy (non-hydrogen) atoms. The summed E-state index contributed by atoms with van der Waals surface area (Å²) in [5, 5.41) is 5.70. The molecule has 0 spiro atoms. The van der Waals surface area contributed by atoms with E-state index in [1.54, 1.807) is 20.1 Å². The molecule has 2 rings (SSSR count). The van der Waals surface area contributed by atoms with Gasteiger partial charge >= 0.3 is 0 Å². The number of para-hydroxylation sites is 1. The highest BCUT2D eigenvalue weighted by Gasteiger charge is 2.10. The first-order valence-electron chi connectivity index (χ1n) is 6.89. The molecule has 0 bridgehead atoms. The van der Waals surface area contributed by atoms with Crippen molar-refractivity contribution in [2.24, 2.45) is 0 Å². The Hall–Kier alpha value is -2.28. The van der Waals surface area contributed by atoms with Crippen molar-refractivity contribution in [1.29, 1.82) is 0 Å². The molecule has 7 heteroatoms. The number of methoxy groups -OCH3 is 1. The van der Waals surface area contributed by atoms with E-state index >= 15 is 0 Å². The Morgan fingerprint density at radius 2 is 1.91 bits per heavy atom. The van der Waals surface area contributed by atoms with E-state index in [0.29, 0.717) is 30.6 Å². The number of rotatable bonds is 7. The summed E-state index contributed by atoms with van der Waals surface area (Å²) in [5.74, 6) is -0.627. The Labute approximate surface area is 127 Å². The van der Waals surface area contributed by atoms with Crippen LogP contribution in [0, 0.1) is 18.6 Å². The van der Waals surface area contributed by atoms with Gasteiger partial charge in [-0.15, -0.1) is 0 Å². The molecule has 0 saturated heterocycles. The van der Waals surface area contributed by atoms with Gasteiger partial charge in [-0.1, -0.05) is 6.07 Å². The van der Waals surface area contributed by atoms with E-state index in [9.17, 15) is 8.78 Å². The molecule has 1 aromatic heterocycles. The summed E-state index contributed by atoms with van der Waals surface area (Å²) in [7, 11) is 1.63. The van der Waals surface area contributed by atoms with E-state index in [0.717, 1.165) is 6.42 Å². The number of halogens is 2. The zero-order valence-corrected chi connectivity index (χ0v) is 12.5. The highest BCUT2D eigenvalue weighted by atomic mass is 19.1. The van der Waals surface area contributed by atoms with Gasteiger partial charge in [-0.3, -0.25) is 0 Å². The molecule has 2 aromatic rings. The van der Waals surface area contributed by atoms with Crippen molar-refractivity contribution >= 4 is 17.5 Å². The van der Waals surface area contributed by atoms with Crippen LogP contribution in [0.3, 0.4) is 0 Å². The number of nitrogens with one attached hydrogen (secondary N) is 2. The number of ether oxygens (including phenoxy) is 1. The minimum atomic E-state index is -0.675. The molecule has 118 valence electrons. The number of benzene rings is 1. The summed E-state index contributed by atoms with van der Waals surface area (Å²) in [6.07, 6.45) is 0.804. The summed E-state index contributed by atoms with van der Waals surface area (Å²) < 4.78 is 32.3. The van der Waals surface area contributed by atoms with E-state index in [1.165, 1.54) is 18.2 Å². The lowest BCUT2D eigenvalue weighted by atomic mass is 10.3. The van der Waals surface area contributed by atoms with Crippen LogP contribution in [-0.4, -0.2) is 30.2 Å². The molecule has 0 aliphatic rings. The molecule has 0 aliphatic heterocycles. The van der Waals surface area contributed by atoms with Crippen LogP contribution in [0.4, 0.5) is 26.2 Å². The van der Waals surface area contributed by atoms with Gasteiger partial charge in [0.25, 0.3) is 0 Å². The van der Waals surface area contributed by atoms with Crippen molar-refractivity contribution < 1.29 is 13.5 Å². The summed E-state index contributed by atoms with van der Waals surface area (Å²) in [4.78, 5) is 8.43. The van der Waals surface area contributed by atoms with Gasteiger partial charge in [0.1, 0.15) is 23.1 Å². The van der Waals surface area contributed by atoms with E-state index in [2.05, 4.69) is 20.6 Å². The number of hydrogen-bond donors (Lipinski definition) is 2. The Morgan fingerprint density at radius 3 is 2.59 bits per heavy atom. The molecule has 0 fully saturated rings. The third-order valence-electron chi connectivity index (χ3n) is 2.88. The van der Waals surface area contributed by atoms with Gasteiger partial charge in [-0.05, 0) is 25.5 Å². The molecule has 0 radical (unpaired) electrons. The zero-order chi connectivity index (χ0) is 15.9. The van der Waals surface area contributed by atoms with Crippen molar-refractivity contribution in [1.82, 2.24) is 9.97 Å². The molecule has 0 amide bonds. The first kappa shape index (κ1) is 16.1. The lowest BCUT2D eigenvalue weighted by Crippen LogP contribution is -2.09. The maximum atomic E-state index is 13.6. The van der Waals surface area contributed by atoms with Crippen LogP contribution in [0.5, 0.6) is 0 Å². The molecule has 2 N–H and O–H groups in total. The first-order valence-corrected chi connectivity index (χ1v) is 6.89. The van der Waals surface area contributed by atoms with Gasteiger partial charge in [0.05, 0.1) is 0 Å². The average molecular weight is 308 g/mol. The average Bonchev–Trinajstić information content (AvgIpc) is 2.47. The van der Waals surface area contributed by atoms with E-state index in [1.807, 2.05) is 0 Å². The summed E-state index contributed by atoms with van der Waals surface area (Å²) in [5.41, 5.74) is 0.453. The van der Waals surface area contributed by atoms with Crippen LogP contribution in [-0.2, 0) is 4.74 Å². The van der Waals surface area contributed by atoms with Crippen LogP contribution in [0.25, 0.3) is 0 Å². The molecule has 1 aromatic carbocycles. The molecule has 5 nitrogen and oxygen atoms in total. The van der Waals surface area contributed by atoms with Crippen LogP contribution >= 0.6 is 0 Å². The van der Waals surface area contributed by atoms with Crippen LogP contribution < -0.4 is 10.6 Å². The monoisotopic (exact) mass is 308 g/mol. The van der Waals surface area contributed by atoms with Crippen molar-refractivity contribution in [3.05, 3.63) is 41.6 Å². The zero-order valence-electron chi connectivity index (χ0n) is 12.5. The van der Waals surface area contributed by atoms with Gasteiger partial charge in [0.2, 0.25) is 5.95 Å². The lowest BCUT2D eigenvalue weighted by Gasteiger charge is -2.11. The standard InChI is InChI=1S/C15H18F2N4O/c1-10-9-13(20-14-11(16)5-3-6-12(14)17)21-15(19-10)18-7-4-8-22-2/h3,5-6,9H,4,7-8H2,1-2H3,(H2,18,19,20,21). The quantitative estimate of drug-likeness (QED) is 0.769. The maximum Gasteiger partial charge on any atom is 0.224 e. The maximum absolute atomic E-state index is 13.6. The largest absolute Gasteiger partial charge is 0.385 e. The minimum Gasteiger partial charge on any atom is -0.385 e. The SMILES string of the molecule is COCCCNc1nc(C)cc(Nc2c(F)cccc2F)n1. The van der Waals surface area contributed by atoms with Crippen LogP contribution in [0.15, 0.2) is 24.3 Å². The Kier molecular flexibility index (Phi) is 5.60. The normalized spacial score (nSPS) is 10.5. The predicted molar refractivity (Wildman–Crippen MR) is 81.4 cm³/mol. The van der Waals surface area contributed by atoms with Crippen molar-refractivity contribution in [2.75, 3.05) is 30.9 Å². The molecule has 1 heterocycles. The molecule has 0 unspecified atom stereocenters. The van der Waals surface area contributed by atoms with Gasteiger partial charge in [-0.25, -0.2) is 13.8 Å². The Morgan fingerprint density at radius 1 is 1.18 bits per heavy atom. The first-order chi connectivity index (χ1) is 10.6. The van der Waals surface area contributed by atoms with Gasteiger partial charge in [0, 0.05) is 32.0 Å². The summed E-state index contributed by atoms with van der Waals surface area (Å²) >= 11 is 0. The number of aryl methyl sites for hydroxylation is 1. The van der Waals surface area contributed by atoms with Crippen molar-refractivity contribution in [3.8, 4) is 0 Å².